The molecule has 47 heavy (non-hydrogen) atoms. The van der Waals surface area contributed by atoms with Crippen LogP contribution in [0.1, 0.15) is 44.1 Å². The number of likely N-dealkylation sites (tertiary alicyclic amines) is 1. The number of benzene rings is 2. The lowest BCUT2D eigenvalue weighted by Crippen LogP contribution is -2.50. The summed E-state index contributed by atoms with van der Waals surface area (Å²) in [7, 11) is 3.54. The average Bonchev–Trinajstić information content (AvgIpc) is 3.33. The van der Waals surface area contributed by atoms with E-state index in [1.165, 1.54) is 7.11 Å². The number of ether oxygens (including phenoxy) is 3. The zero-order valence-electron chi connectivity index (χ0n) is 26.4. The number of terminal acetylenes is 1. The first kappa shape index (κ1) is 31.3. The predicted molar refractivity (Wildman–Crippen MR) is 171 cm³/mol. The second kappa shape index (κ2) is 12.4. The minimum absolute atomic E-state index is 0.00573. The number of fused-ring (bicyclic) bond motifs is 3. The van der Waals surface area contributed by atoms with Crippen LogP contribution in [-0.2, 0) is 4.74 Å². The number of hydrogen-bond donors (Lipinski definition) is 1. The zero-order valence-corrected chi connectivity index (χ0v) is 26.4. The molecule has 0 amide bonds. The van der Waals surface area contributed by atoms with Crippen LogP contribution >= 0.6 is 0 Å². The Bertz CT molecular complexity index is 1910. The summed E-state index contributed by atoms with van der Waals surface area (Å²) in [4.78, 5) is 18.3. The molecule has 2 saturated heterocycles. The summed E-state index contributed by atoms with van der Waals surface area (Å²) in [6.07, 6.45) is 11.7. The fourth-order valence-corrected chi connectivity index (χ4v) is 7.84. The Morgan fingerprint density at radius 2 is 1.87 bits per heavy atom. The maximum Gasteiger partial charge on any atom is 0.319 e. The number of hydrogen-bond acceptors (Lipinski definition) is 9. The first-order valence-corrected chi connectivity index (χ1v) is 16.0. The van der Waals surface area contributed by atoms with E-state index in [0.717, 1.165) is 63.3 Å². The largest absolute Gasteiger partial charge is 0.505 e. The van der Waals surface area contributed by atoms with Crippen molar-refractivity contribution in [1.82, 2.24) is 19.9 Å². The maximum atomic E-state index is 17.0. The predicted octanol–water partition coefficient (Wildman–Crippen LogP) is 5.83. The fourth-order valence-electron chi connectivity index (χ4n) is 7.84. The third kappa shape index (κ3) is 5.26. The van der Waals surface area contributed by atoms with Crippen molar-refractivity contribution in [2.24, 2.45) is 5.41 Å². The second-order valence-electron chi connectivity index (χ2n) is 12.7. The molecule has 0 radical (unpaired) electrons. The van der Waals surface area contributed by atoms with Crippen LogP contribution in [0.25, 0.3) is 32.9 Å². The quantitative estimate of drug-likeness (QED) is 0.260. The molecular weight excluding hydrogens is 611 g/mol. The molecule has 4 aromatic rings. The number of anilines is 1. The van der Waals surface area contributed by atoms with Crippen LogP contribution < -0.4 is 14.4 Å². The van der Waals surface area contributed by atoms with Crippen LogP contribution in [0.2, 0.25) is 0 Å². The van der Waals surface area contributed by atoms with E-state index in [-0.39, 0.29) is 55.8 Å². The summed E-state index contributed by atoms with van der Waals surface area (Å²) in [6.45, 7) is 3.50. The Kier molecular flexibility index (Phi) is 8.22. The van der Waals surface area contributed by atoms with E-state index in [1.807, 2.05) is 4.90 Å². The van der Waals surface area contributed by atoms with E-state index in [1.54, 1.807) is 0 Å². The lowest BCUT2D eigenvalue weighted by Gasteiger charge is -2.44. The van der Waals surface area contributed by atoms with Crippen molar-refractivity contribution < 1.29 is 32.5 Å². The van der Waals surface area contributed by atoms with Crippen molar-refractivity contribution in [2.45, 2.75) is 44.6 Å². The number of piperidine rings is 1. The van der Waals surface area contributed by atoms with Crippen molar-refractivity contribution >= 4 is 27.5 Å². The van der Waals surface area contributed by atoms with E-state index in [2.05, 4.69) is 27.8 Å². The zero-order chi connectivity index (χ0) is 32.9. The average molecular weight is 648 g/mol. The van der Waals surface area contributed by atoms with E-state index < -0.39 is 23.2 Å². The second-order valence-corrected chi connectivity index (χ2v) is 12.7. The topological polar surface area (TPSA) is 93.1 Å². The summed E-state index contributed by atoms with van der Waals surface area (Å²) in [5.41, 5.74) is -0.963. The summed E-state index contributed by atoms with van der Waals surface area (Å²) < 4.78 is 64.8. The monoisotopic (exact) mass is 647 g/mol. The minimum Gasteiger partial charge on any atom is -0.505 e. The molecule has 1 saturated carbocycles. The lowest BCUT2D eigenvalue weighted by molar-refractivity contribution is 0.0133. The summed E-state index contributed by atoms with van der Waals surface area (Å²) in [6, 6.07) is 3.52. The molecule has 12 heteroatoms. The molecule has 1 N–H and O–H groups in total. The number of aromatic nitrogens is 3. The van der Waals surface area contributed by atoms with Crippen LogP contribution in [0.3, 0.4) is 0 Å². The van der Waals surface area contributed by atoms with Gasteiger partial charge < -0.3 is 29.1 Å². The van der Waals surface area contributed by atoms with Gasteiger partial charge in [-0.25, -0.2) is 18.2 Å². The fraction of sp³-hybridized carbons (Fsp3) is 0.457. The van der Waals surface area contributed by atoms with E-state index in [0.29, 0.717) is 44.8 Å². The van der Waals surface area contributed by atoms with Crippen molar-refractivity contribution in [3.63, 3.8) is 0 Å². The SMILES string of the molecule is C#Cc1c(F)ccc2c(F)c(O)cc(-c3nc(OC)c4c(N5CCCOCC5)nc(OC[C@]56CCC[C@H]5N(C)CCC6)nc4c3F)c12. The first-order chi connectivity index (χ1) is 22.8. The highest BCUT2D eigenvalue weighted by atomic mass is 19.1. The molecule has 0 bridgehead atoms. The van der Waals surface area contributed by atoms with E-state index in [4.69, 9.17) is 25.6 Å². The Labute approximate surface area is 270 Å². The third-order valence-electron chi connectivity index (χ3n) is 10.1. The Morgan fingerprint density at radius 1 is 1.04 bits per heavy atom. The Morgan fingerprint density at radius 3 is 2.68 bits per heavy atom. The third-order valence-corrected chi connectivity index (χ3v) is 10.1. The molecule has 4 heterocycles. The molecule has 246 valence electrons. The van der Waals surface area contributed by atoms with Gasteiger partial charge in [0.05, 0.1) is 25.9 Å². The van der Waals surface area contributed by atoms with Gasteiger partial charge in [-0.2, -0.15) is 9.97 Å². The van der Waals surface area contributed by atoms with Crippen LogP contribution in [0.5, 0.6) is 17.6 Å². The maximum absolute atomic E-state index is 17.0. The molecule has 1 aliphatic carbocycles. The molecule has 0 unspecified atom stereocenters. The number of pyridine rings is 1. The van der Waals surface area contributed by atoms with Crippen LogP contribution in [0, 0.1) is 35.2 Å². The highest BCUT2D eigenvalue weighted by Crippen LogP contribution is 2.48. The molecule has 3 aliphatic rings. The molecule has 2 aliphatic heterocycles. The molecule has 0 spiro atoms. The van der Waals surface area contributed by atoms with Gasteiger partial charge in [0.2, 0.25) is 5.88 Å². The summed E-state index contributed by atoms with van der Waals surface area (Å²) in [5, 5.41) is 10.4. The van der Waals surface area contributed by atoms with E-state index in [9.17, 15) is 9.50 Å². The van der Waals surface area contributed by atoms with Crippen LogP contribution in [0.15, 0.2) is 18.2 Å². The molecule has 2 aromatic heterocycles. The van der Waals surface area contributed by atoms with Crippen molar-refractivity contribution in [2.75, 3.05) is 58.5 Å². The van der Waals surface area contributed by atoms with Gasteiger partial charge in [0.25, 0.3) is 0 Å². The smallest absolute Gasteiger partial charge is 0.319 e. The number of aromatic hydroxyl groups is 1. The van der Waals surface area contributed by atoms with Gasteiger partial charge in [0, 0.05) is 47.5 Å². The Hall–Kier alpha value is -4.34. The van der Waals surface area contributed by atoms with Gasteiger partial charge in [0.1, 0.15) is 28.2 Å². The molecule has 9 nitrogen and oxygen atoms in total. The van der Waals surface area contributed by atoms with Gasteiger partial charge in [-0.15, -0.1) is 6.42 Å². The molecule has 2 atom stereocenters. The van der Waals surface area contributed by atoms with Crippen molar-refractivity contribution in [3.8, 4) is 41.2 Å². The number of phenols is 1. The highest BCUT2D eigenvalue weighted by Gasteiger charge is 2.47. The van der Waals surface area contributed by atoms with Crippen molar-refractivity contribution in [1.29, 1.82) is 0 Å². The lowest BCUT2D eigenvalue weighted by atomic mass is 9.76. The summed E-state index contributed by atoms with van der Waals surface area (Å²) in [5.74, 6) is -0.892. The van der Waals surface area contributed by atoms with Crippen LogP contribution in [-0.4, -0.2) is 84.6 Å². The molecule has 7 rings (SSSR count). The molecular formula is C35H36F3N5O4. The number of phenolic OH excluding ortho intramolecular Hbond substituents is 1. The van der Waals surface area contributed by atoms with E-state index >= 15 is 8.78 Å². The standard InChI is InChI=1S/C35H36F3N5O4/c1-4-20-23(36)10-9-21-26(20)22(18-24(44)28(21)37)30-29(38)31-27(33(39-30)45-3)32(43-14-7-16-46-17-15-43)41-34(40-31)47-19-35-11-5-8-25(35)42(2)13-6-12-35/h1,9-10,18,25,44H,5-8,11-17,19H2,2-3H3/t25-,35-/m1/s1. The van der Waals surface area contributed by atoms with Crippen LogP contribution in [0.4, 0.5) is 19.0 Å². The number of methoxy groups -OCH3 is 1. The molecule has 2 aromatic carbocycles. The minimum atomic E-state index is -1.02. The normalized spacial score (nSPS) is 21.9. The first-order valence-electron chi connectivity index (χ1n) is 16.0. The van der Waals surface area contributed by atoms with Gasteiger partial charge in [-0.05, 0) is 63.9 Å². The van der Waals surface area contributed by atoms with Crippen molar-refractivity contribution in [3.05, 3.63) is 41.2 Å². The molecule has 3 fully saturated rings. The number of nitrogens with zero attached hydrogens (tertiary/aromatic N) is 5. The highest BCUT2D eigenvalue weighted by molar-refractivity contribution is 6.04. The van der Waals surface area contributed by atoms with Gasteiger partial charge in [-0.1, -0.05) is 12.3 Å². The van der Waals surface area contributed by atoms with Gasteiger partial charge in [-0.3, -0.25) is 0 Å². The van der Waals surface area contributed by atoms with Gasteiger partial charge in [0.15, 0.2) is 17.4 Å². The Balaban J connectivity index is 1.44. The summed E-state index contributed by atoms with van der Waals surface area (Å²) >= 11 is 0. The van der Waals surface area contributed by atoms with Gasteiger partial charge >= 0.3 is 6.01 Å². The number of rotatable bonds is 6. The number of halogens is 3.